The van der Waals surface area contributed by atoms with E-state index in [4.69, 9.17) is 5.26 Å². The summed E-state index contributed by atoms with van der Waals surface area (Å²) in [6, 6.07) is 1.92. The molecule has 0 heterocycles. The van der Waals surface area contributed by atoms with Gasteiger partial charge in [0, 0.05) is 0 Å². The van der Waals surface area contributed by atoms with E-state index >= 15 is 0 Å². The van der Waals surface area contributed by atoms with Crippen molar-refractivity contribution in [3.05, 3.63) is 0 Å². The summed E-state index contributed by atoms with van der Waals surface area (Å²) in [4.78, 5) is 10.2. The lowest BCUT2D eigenvalue weighted by Crippen LogP contribution is -2.19. The van der Waals surface area contributed by atoms with Gasteiger partial charge in [0.2, 0.25) is 0 Å². The predicted molar refractivity (Wildman–Crippen MR) is 34.6 cm³/mol. The van der Waals surface area contributed by atoms with Gasteiger partial charge in [-0.25, -0.2) is 0 Å². The maximum Gasteiger partial charge on any atom is 0.137 e. The molecule has 0 aromatic carbocycles. The van der Waals surface area contributed by atoms with Gasteiger partial charge in [0.05, 0.1) is 6.07 Å². The van der Waals surface area contributed by atoms with Gasteiger partial charge >= 0.3 is 0 Å². The molecule has 1 atom stereocenters. The van der Waals surface area contributed by atoms with Crippen LogP contribution in [0.5, 0.6) is 0 Å². The molecule has 0 amide bonds. The molecule has 1 unspecified atom stereocenters. The van der Waals surface area contributed by atoms with Crippen molar-refractivity contribution in [2.24, 2.45) is 11.3 Å². The molecule has 0 saturated heterocycles. The van der Waals surface area contributed by atoms with Crippen molar-refractivity contribution >= 4 is 6.29 Å². The molecular weight excluding hydrogens is 114 g/mol. The van der Waals surface area contributed by atoms with E-state index in [9.17, 15) is 4.79 Å². The number of carbonyl (C=O) groups excluding carboxylic acids is 1. The first kappa shape index (κ1) is 8.16. The van der Waals surface area contributed by atoms with Crippen molar-refractivity contribution in [2.45, 2.75) is 20.8 Å². The molecule has 0 aliphatic rings. The van der Waals surface area contributed by atoms with Gasteiger partial charge in [0.15, 0.2) is 0 Å². The van der Waals surface area contributed by atoms with E-state index in [1.807, 2.05) is 26.8 Å². The lowest BCUT2D eigenvalue weighted by Gasteiger charge is -2.18. The Labute approximate surface area is 55.5 Å². The fourth-order valence-corrected chi connectivity index (χ4v) is 0.428. The Morgan fingerprint density at radius 3 is 2.00 bits per heavy atom. The van der Waals surface area contributed by atoms with Crippen LogP contribution in [-0.4, -0.2) is 6.29 Å². The van der Waals surface area contributed by atoms with Crippen LogP contribution in [0.3, 0.4) is 0 Å². The molecule has 0 N–H and O–H groups in total. The smallest absolute Gasteiger partial charge is 0.137 e. The number of hydrogen-bond donors (Lipinski definition) is 0. The predicted octanol–water partition coefficient (Wildman–Crippen LogP) is 1.37. The lowest BCUT2D eigenvalue weighted by atomic mass is 9.83. The van der Waals surface area contributed by atoms with Crippen LogP contribution in [0.4, 0.5) is 0 Å². The molecule has 0 spiro atoms. The standard InChI is InChI=1S/C7H11NO/c1-7(2,3)6(4-8)5-9/h5-6H,1-3H3. The Bertz CT molecular complexity index is 138. The van der Waals surface area contributed by atoms with Gasteiger partial charge in [-0.2, -0.15) is 5.26 Å². The Kier molecular flexibility index (Phi) is 2.39. The van der Waals surface area contributed by atoms with Crippen LogP contribution < -0.4 is 0 Å². The second kappa shape index (κ2) is 2.63. The second-order valence-electron chi connectivity index (χ2n) is 3.11. The van der Waals surface area contributed by atoms with Crippen LogP contribution >= 0.6 is 0 Å². The molecule has 9 heavy (non-hydrogen) atoms. The van der Waals surface area contributed by atoms with E-state index in [1.165, 1.54) is 0 Å². The molecule has 0 fully saturated rings. The van der Waals surface area contributed by atoms with Gasteiger partial charge in [-0.05, 0) is 5.41 Å². The van der Waals surface area contributed by atoms with Gasteiger partial charge in [-0.3, -0.25) is 0 Å². The van der Waals surface area contributed by atoms with Crippen LogP contribution in [0.25, 0.3) is 0 Å². The highest BCUT2D eigenvalue weighted by molar-refractivity contribution is 5.58. The van der Waals surface area contributed by atoms with Crippen LogP contribution in [0.15, 0.2) is 0 Å². The third kappa shape index (κ3) is 2.27. The first-order valence-electron chi connectivity index (χ1n) is 2.87. The first-order valence-corrected chi connectivity index (χ1v) is 2.87. The Hall–Kier alpha value is -0.840. The number of rotatable bonds is 1. The maximum atomic E-state index is 10.2. The van der Waals surface area contributed by atoms with E-state index in [0.29, 0.717) is 6.29 Å². The molecule has 0 aromatic rings. The van der Waals surface area contributed by atoms with E-state index in [1.54, 1.807) is 0 Å². The highest BCUT2D eigenvalue weighted by Crippen LogP contribution is 2.22. The summed E-state index contributed by atoms with van der Waals surface area (Å²) in [7, 11) is 0. The van der Waals surface area contributed by atoms with E-state index in [2.05, 4.69) is 0 Å². The third-order valence-electron chi connectivity index (χ3n) is 1.21. The molecule has 50 valence electrons. The third-order valence-corrected chi connectivity index (χ3v) is 1.21. The second-order valence-corrected chi connectivity index (χ2v) is 3.11. The van der Waals surface area contributed by atoms with Gasteiger partial charge in [0.1, 0.15) is 12.2 Å². The van der Waals surface area contributed by atoms with Gasteiger partial charge in [-0.15, -0.1) is 0 Å². The maximum absolute atomic E-state index is 10.2. The van der Waals surface area contributed by atoms with E-state index in [0.717, 1.165) is 0 Å². The molecule has 0 rings (SSSR count). The summed E-state index contributed by atoms with van der Waals surface area (Å²) < 4.78 is 0. The topological polar surface area (TPSA) is 40.9 Å². The van der Waals surface area contributed by atoms with Crippen LogP contribution in [0.1, 0.15) is 20.8 Å². The van der Waals surface area contributed by atoms with Crippen LogP contribution in [-0.2, 0) is 4.79 Å². The van der Waals surface area contributed by atoms with Crippen molar-refractivity contribution < 1.29 is 4.79 Å². The fourth-order valence-electron chi connectivity index (χ4n) is 0.428. The molecule has 0 aliphatic carbocycles. The van der Waals surface area contributed by atoms with E-state index in [-0.39, 0.29) is 5.41 Å². The number of nitriles is 1. The lowest BCUT2D eigenvalue weighted by molar-refractivity contribution is -0.111. The minimum Gasteiger partial charge on any atom is -0.302 e. The Morgan fingerprint density at radius 1 is 1.56 bits per heavy atom. The summed E-state index contributed by atoms with van der Waals surface area (Å²) in [5, 5.41) is 8.38. The summed E-state index contributed by atoms with van der Waals surface area (Å²) in [5.41, 5.74) is -0.212. The summed E-state index contributed by atoms with van der Waals surface area (Å²) in [5.74, 6) is -0.475. The van der Waals surface area contributed by atoms with Crippen molar-refractivity contribution in [3.63, 3.8) is 0 Å². The average Bonchev–Trinajstić information content (AvgIpc) is 1.65. The van der Waals surface area contributed by atoms with Crippen molar-refractivity contribution in [1.29, 1.82) is 5.26 Å². The van der Waals surface area contributed by atoms with Gasteiger partial charge in [-0.1, -0.05) is 20.8 Å². The first-order chi connectivity index (χ1) is 4.02. The molecule has 0 bridgehead atoms. The SMILES string of the molecule is CC(C)(C)C(C#N)C=O. The van der Waals surface area contributed by atoms with Crippen LogP contribution in [0.2, 0.25) is 0 Å². The zero-order chi connectivity index (χ0) is 7.49. The van der Waals surface area contributed by atoms with Crippen molar-refractivity contribution in [1.82, 2.24) is 0 Å². The highest BCUT2D eigenvalue weighted by atomic mass is 16.1. The number of aldehydes is 1. The quantitative estimate of drug-likeness (QED) is 0.496. The van der Waals surface area contributed by atoms with Crippen LogP contribution in [0, 0.1) is 22.7 Å². The Balaban J connectivity index is 4.16. The monoisotopic (exact) mass is 125 g/mol. The van der Waals surface area contributed by atoms with Gasteiger partial charge < -0.3 is 4.79 Å². The van der Waals surface area contributed by atoms with Crippen molar-refractivity contribution in [3.8, 4) is 6.07 Å². The Morgan fingerprint density at radius 2 is 2.00 bits per heavy atom. The average molecular weight is 125 g/mol. The van der Waals surface area contributed by atoms with E-state index < -0.39 is 5.92 Å². The molecule has 2 heteroatoms. The normalized spacial score (nSPS) is 14.0. The highest BCUT2D eigenvalue weighted by Gasteiger charge is 2.22. The zero-order valence-corrected chi connectivity index (χ0v) is 6.01. The molecule has 0 aromatic heterocycles. The minimum absolute atomic E-state index is 0.212. The van der Waals surface area contributed by atoms with Crippen molar-refractivity contribution in [2.75, 3.05) is 0 Å². The number of carbonyl (C=O) groups is 1. The summed E-state index contributed by atoms with van der Waals surface area (Å²) in [6.45, 7) is 5.61. The van der Waals surface area contributed by atoms with Gasteiger partial charge in [0.25, 0.3) is 0 Å². The minimum atomic E-state index is -0.475. The fraction of sp³-hybridized carbons (Fsp3) is 0.714. The molecular formula is C7H11NO. The molecule has 0 saturated carbocycles. The summed E-state index contributed by atoms with van der Waals surface area (Å²) >= 11 is 0. The molecule has 2 nitrogen and oxygen atoms in total. The largest absolute Gasteiger partial charge is 0.302 e. The number of hydrogen-bond acceptors (Lipinski definition) is 2. The summed E-state index contributed by atoms with van der Waals surface area (Å²) in [6.07, 6.45) is 0.694. The molecule has 0 aliphatic heterocycles. The zero-order valence-electron chi connectivity index (χ0n) is 6.01. The molecule has 0 radical (unpaired) electrons. The number of nitrogens with zero attached hydrogens (tertiary/aromatic N) is 1.